The predicted octanol–water partition coefficient (Wildman–Crippen LogP) is 0.990. The molecule has 1 aromatic heterocycles. The van der Waals surface area contributed by atoms with Crippen molar-refractivity contribution in [1.29, 1.82) is 0 Å². The third-order valence-corrected chi connectivity index (χ3v) is 2.50. The Morgan fingerprint density at radius 1 is 1.59 bits per heavy atom. The van der Waals surface area contributed by atoms with Gasteiger partial charge >= 0.3 is 5.97 Å². The van der Waals surface area contributed by atoms with E-state index in [2.05, 4.69) is 15.5 Å². The summed E-state index contributed by atoms with van der Waals surface area (Å²) in [4.78, 5) is 15.3. The molecule has 1 aliphatic carbocycles. The third-order valence-electron chi connectivity index (χ3n) is 2.50. The highest BCUT2D eigenvalue weighted by Crippen LogP contribution is 2.38. The van der Waals surface area contributed by atoms with E-state index in [9.17, 15) is 4.79 Å². The van der Waals surface area contributed by atoms with Crippen LogP contribution in [0.4, 0.5) is 0 Å². The lowest BCUT2D eigenvalue weighted by Crippen LogP contribution is -2.19. The number of nitrogens with zero attached hydrogens (tertiary/aromatic N) is 2. The molecule has 17 heavy (non-hydrogen) atoms. The number of hydrogen-bond donors (Lipinski definition) is 1. The van der Waals surface area contributed by atoms with Crippen LogP contribution in [-0.2, 0) is 16.1 Å². The van der Waals surface area contributed by atoms with Crippen molar-refractivity contribution in [3.8, 4) is 0 Å². The van der Waals surface area contributed by atoms with Crippen molar-refractivity contribution in [2.45, 2.75) is 38.6 Å². The van der Waals surface area contributed by atoms with Crippen LogP contribution in [0.3, 0.4) is 0 Å². The first-order valence-electron chi connectivity index (χ1n) is 5.98. The molecule has 6 heteroatoms. The zero-order chi connectivity index (χ0) is 12.1. The summed E-state index contributed by atoms with van der Waals surface area (Å²) in [5.74, 6) is 1.69. The van der Waals surface area contributed by atoms with E-state index in [1.54, 1.807) is 6.92 Å². The second-order valence-electron chi connectivity index (χ2n) is 4.05. The molecule has 1 N–H and O–H groups in total. The highest BCUT2D eigenvalue weighted by Gasteiger charge is 2.29. The van der Waals surface area contributed by atoms with E-state index in [4.69, 9.17) is 9.26 Å². The van der Waals surface area contributed by atoms with Gasteiger partial charge in [-0.15, -0.1) is 0 Å². The number of nitrogens with one attached hydrogen (secondary N) is 1. The molecule has 94 valence electrons. The van der Waals surface area contributed by atoms with E-state index in [1.807, 2.05) is 0 Å². The maximum absolute atomic E-state index is 11.0. The number of rotatable bonds is 7. The van der Waals surface area contributed by atoms with Gasteiger partial charge in [0.15, 0.2) is 5.82 Å². The summed E-state index contributed by atoms with van der Waals surface area (Å²) in [6.07, 6.45) is 2.66. The van der Waals surface area contributed by atoms with Crippen LogP contribution in [0.5, 0.6) is 0 Å². The molecule has 1 fully saturated rings. The van der Waals surface area contributed by atoms with Crippen LogP contribution in [0.1, 0.15) is 43.8 Å². The van der Waals surface area contributed by atoms with Crippen LogP contribution in [-0.4, -0.2) is 29.3 Å². The van der Waals surface area contributed by atoms with Crippen LogP contribution in [0.15, 0.2) is 4.52 Å². The van der Waals surface area contributed by atoms with Crippen LogP contribution in [0, 0.1) is 0 Å². The molecule has 0 bridgehead atoms. The average molecular weight is 239 g/mol. The molecule has 1 aliphatic rings. The molecule has 1 heterocycles. The van der Waals surface area contributed by atoms with E-state index < -0.39 is 0 Å². The second kappa shape index (κ2) is 5.77. The summed E-state index contributed by atoms with van der Waals surface area (Å²) in [5, 5.41) is 6.94. The summed E-state index contributed by atoms with van der Waals surface area (Å²) in [7, 11) is 0. The van der Waals surface area contributed by atoms with Crippen molar-refractivity contribution < 1.29 is 14.1 Å². The van der Waals surface area contributed by atoms with Gasteiger partial charge in [0.1, 0.15) is 0 Å². The summed E-state index contributed by atoms with van der Waals surface area (Å²) >= 11 is 0. The predicted molar refractivity (Wildman–Crippen MR) is 59.2 cm³/mol. The van der Waals surface area contributed by atoms with Crippen molar-refractivity contribution in [1.82, 2.24) is 15.5 Å². The molecule has 0 spiro atoms. The molecule has 6 nitrogen and oxygen atoms in total. The number of ether oxygens (including phenoxy) is 1. The first-order valence-corrected chi connectivity index (χ1v) is 5.98. The van der Waals surface area contributed by atoms with Gasteiger partial charge in [-0.25, -0.2) is 0 Å². The maximum atomic E-state index is 11.0. The van der Waals surface area contributed by atoms with Gasteiger partial charge in [0, 0.05) is 12.5 Å². The molecule has 1 saturated carbocycles. The van der Waals surface area contributed by atoms with Crippen LogP contribution >= 0.6 is 0 Å². The van der Waals surface area contributed by atoms with Crippen LogP contribution < -0.4 is 5.32 Å². The minimum Gasteiger partial charge on any atom is -0.466 e. The lowest BCUT2D eigenvalue weighted by molar-refractivity contribution is -0.142. The van der Waals surface area contributed by atoms with Gasteiger partial charge in [-0.05, 0) is 19.8 Å². The minimum absolute atomic E-state index is 0.188. The van der Waals surface area contributed by atoms with Gasteiger partial charge in [0.2, 0.25) is 5.89 Å². The number of carbonyl (C=O) groups is 1. The lowest BCUT2D eigenvalue weighted by Gasteiger charge is -2.01. The fourth-order valence-corrected chi connectivity index (χ4v) is 1.46. The lowest BCUT2D eigenvalue weighted by atomic mass is 10.4. The smallest absolute Gasteiger partial charge is 0.307 e. The van der Waals surface area contributed by atoms with Crippen molar-refractivity contribution >= 4 is 5.97 Å². The zero-order valence-corrected chi connectivity index (χ0v) is 9.94. The molecule has 1 aromatic rings. The van der Waals surface area contributed by atoms with Crippen molar-refractivity contribution in [3.05, 3.63) is 11.7 Å². The first kappa shape index (κ1) is 12.0. The molecule has 0 amide bonds. The Balaban J connectivity index is 1.62. The van der Waals surface area contributed by atoms with Crippen molar-refractivity contribution in [2.75, 3.05) is 13.2 Å². The van der Waals surface area contributed by atoms with Gasteiger partial charge in [0.05, 0.1) is 19.6 Å². The van der Waals surface area contributed by atoms with E-state index >= 15 is 0 Å². The normalized spacial score (nSPS) is 14.9. The van der Waals surface area contributed by atoms with Crippen molar-refractivity contribution in [3.63, 3.8) is 0 Å². The standard InChI is InChI=1S/C11H17N3O3/c1-2-16-10(15)5-6-12-7-9-13-11(17-14-9)8-3-4-8/h8,12H,2-7H2,1H3. The largest absolute Gasteiger partial charge is 0.466 e. The molecular weight excluding hydrogens is 222 g/mol. The van der Waals surface area contributed by atoms with Gasteiger partial charge in [-0.1, -0.05) is 5.16 Å². The molecule has 0 radical (unpaired) electrons. The number of hydrogen-bond acceptors (Lipinski definition) is 6. The SMILES string of the molecule is CCOC(=O)CCNCc1noc(C2CC2)n1. The Hall–Kier alpha value is -1.43. The average Bonchev–Trinajstić information content (AvgIpc) is 3.06. The van der Waals surface area contributed by atoms with Gasteiger partial charge < -0.3 is 14.6 Å². The fourth-order valence-electron chi connectivity index (χ4n) is 1.46. The second-order valence-corrected chi connectivity index (χ2v) is 4.05. The van der Waals surface area contributed by atoms with Crippen LogP contribution in [0.2, 0.25) is 0 Å². The number of carbonyl (C=O) groups excluding carboxylic acids is 1. The first-order chi connectivity index (χ1) is 8.29. The molecule has 0 unspecified atom stereocenters. The van der Waals surface area contributed by atoms with Gasteiger partial charge in [-0.3, -0.25) is 4.79 Å². The molecule has 0 saturated heterocycles. The zero-order valence-electron chi connectivity index (χ0n) is 9.94. The van der Waals surface area contributed by atoms with E-state index in [0.717, 1.165) is 18.7 Å². The number of aromatic nitrogens is 2. The fraction of sp³-hybridized carbons (Fsp3) is 0.727. The quantitative estimate of drug-likeness (QED) is 0.564. The number of esters is 1. The Labute approximate surface area is 99.7 Å². The highest BCUT2D eigenvalue weighted by atomic mass is 16.5. The monoisotopic (exact) mass is 239 g/mol. The highest BCUT2D eigenvalue weighted by molar-refractivity contribution is 5.69. The molecule has 0 aromatic carbocycles. The van der Waals surface area contributed by atoms with Crippen LogP contribution in [0.25, 0.3) is 0 Å². The van der Waals surface area contributed by atoms with E-state index in [-0.39, 0.29) is 5.97 Å². The van der Waals surface area contributed by atoms with E-state index in [1.165, 1.54) is 0 Å². The maximum Gasteiger partial charge on any atom is 0.307 e. The molecule has 0 atom stereocenters. The summed E-state index contributed by atoms with van der Waals surface area (Å²) in [6.45, 7) is 3.31. The molecular formula is C11H17N3O3. The topological polar surface area (TPSA) is 77.2 Å². The van der Waals surface area contributed by atoms with E-state index in [0.29, 0.717) is 37.9 Å². The Kier molecular flexibility index (Phi) is 4.08. The molecule has 2 rings (SSSR count). The summed E-state index contributed by atoms with van der Waals surface area (Å²) in [6, 6.07) is 0. The summed E-state index contributed by atoms with van der Waals surface area (Å²) < 4.78 is 9.92. The van der Waals surface area contributed by atoms with Crippen molar-refractivity contribution in [2.24, 2.45) is 0 Å². The molecule has 0 aliphatic heterocycles. The van der Waals surface area contributed by atoms with Gasteiger partial charge in [-0.2, -0.15) is 4.98 Å². The van der Waals surface area contributed by atoms with Gasteiger partial charge in [0.25, 0.3) is 0 Å². The minimum atomic E-state index is -0.188. The Bertz CT molecular complexity index is 374. The third kappa shape index (κ3) is 3.81. The Morgan fingerprint density at radius 2 is 2.41 bits per heavy atom. The summed E-state index contributed by atoms with van der Waals surface area (Å²) in [5.41, 5.74) is 0. The Morgan fingerprint density at radius 3 is 3.12 bits per heavy atom.